The molecule has 1 fully saturated rings. The van der Waals surface area contributed by atoms with Gasteiger partial charge in [0.25, 0.3) is 5.91 Å². The minimum absolute atomic E-state index is 0.0241. The van der Waals surface area contributed by atoms with E-state index in [1.54, 1.807) is 12.1 Å². The Kier molecular flexibility index (Phi) is 5.06. The Morgan fingerprint density at radius 1 is 1.14 bits per heavy atom. The van der Waals surface area contributed by atoms with E-state index in [0.29, 0.717) is 12.1 Å². The summed E-state index contributed by atoms with van der Waals surface area (Å²) in [7, 11) is 0. The summed E-state index contributed by atoms with van der Waals surface area (Å²) in [5, 5.41) is 11.4. The van der Waals surface area contributed by atoms with E-state index >= 15 is 0 Å². The van der Waals surface area contributed by atoms with Crippen LogP contribution >= 0.6 is 0 Å². The van der Waals surface area contributed by atoms with Crippen molar-refractivity contribution in [1.82, 2.24) is 24.8 Å². The molecule has 144 valence electrons. The molecule has 1 aliphatic rings. The van der Waals surface area contributed by atoms with E-state index in [0.717, 1.165) is 24.3 Å². The summed E-state index contributed by atoms with van der Waals surface area (Å²) in [6.07, 6.45) is 3.98. The number of likely N-dealkylation sites (tertiary alicyclic amines) is 1. The molecule has 0 saturated carbocycles. The van der Waals surface area contributed by atoms with Crippen LogP contribution in [0.25, 0.3) is 5.65 Å². The molecule has 1 saturated heterocycles. The van der Waals surface area contributed by atoms with Crippen molar-refractivity contribution in [3.05, 3.63) is 66.1 Å². The molecular formula is C21H23N5O2. The van der Waals surface area contributed by atoms with Crippen LogP contribution in [-0.4, -0.2) is 43.9 Å². The van der Waals surface area contributed by atoms with E-state index in [9.17, 15) is 9.59 Å². The van der Waals surface area contributed by atoms with Crippen molar-refractivity contribution in [1.29, 1.82) is 0 Å². The average Bonchev–Trinajstić information content (AvgIpc) is 3.35. The lowest BCUT2D eigenvalue weighted by Gasteiger charge is -2.25. The van der Waals surface area contributed by atoms with Crippen LogP contribution in [0.5, 0.6) is 0 Å². The fourth-order valence-corrected chi connectivity index (χ4v) is 3.75. The summed E-state index contributed by atoms with van der Waals surface area (Å²) < 4.78 is 1.94. The third kappa shape index (κ3) is 3.60. The molecule has 7 heteroatoms. The van der Waals surface area contributed by atoms with Crippen molar-refractivity contribution < 1.29 is 9.59 Å². The Bertz CT molecular complexity index is 985. The summed E-state index contributed by atoms with van der Waals surface area (Å²) in [4.78, 5) is 27.1. The maximum Gasteiger partial charge on any atom is 0.251 e. The van der Waals surface area contributed by atoms with E-state index in [2.05, 4.69) is 15.5 Å². The van der Waals surface area contributed by atoms with Gasteiger partial charge in [-0.3, -0.25) is 14.0 Å². The molecule has 3 aromatic rings. The highest BCUT2D eigenvalue weighted by Crippen LogP contribution is 2.31. The number of rotatable bonds is 5. The minimum Gasteiger partial charge on any atom is -0.349 e. The SMILES string of the molecule is CC(CC(=O)N1CCCC1c1nnc2ccccn12)NC(=O)c1ccccc1. The van der Waals surface area contributed by atoms with Gasteiger partial charge >= 0.3 is 0 Å². The van der Waals surface area contributed by atoms with Crippen molar-refractivity contribution >= 4 is 17.5 Å². The van der Waals surface area contributed by atoms with Crippen molar-refractivity contribution in [2.24, 2.45) is 0 Å². The van der Waals surface area contributed by atoms with Crippen molar-refractivity contribution in [3.63, 3.8) is 0 Å². The van der Waals surface area contributed by atoms with Crippen LogP contribution in [-0.2, 0) is 4.79 Å². The molecule has 2 aromatic heterocycles. The summed E-state index contributed by atoms with van der Waals surface area (Å²) in [5.41, 5.74) is 1.37. The lowest BCUT2D eigenvalue weighted by atomic mass is 10.1. The van der Waals surface area contributed by atoms with Gasteiger partial charge in [-0.25, -0.2) is 0 Å². The number of hydrogen-bond acceptors (Lipinski definition) is 4. The first-order valence-corrected chi connectivity index (χ1v) is 9.58. The van der Waals surface area contributed by atoms with Gasteiger partial charge in [-0.15, -0.1) is 10.2 Å². The fraction of sp³-hybridized carbons (Fsp3) is 0.333. The zero-order chi connectivity index (χ0) is 19.5. The standard InChI is InChI=1S/C21H23N5O2/c1-15(22-21(28)16-8-3-2-4-9-16)14-19(27)25-13-7-10-17(25)20-24-23-18-11-5-6-12-26(18)20/h2-6,8-9,11-12,15,17H,7,10,13-14H2,1H3,(H,22,28). The van der Waals surface area contributed by atoms with Gasteiger partial charge in [-0.1, -0.05) is 24.3 Å². The summed E-state index contributed by atoms with van der Waals surface area (Å²) in [6, 6.07) is 14.5. The number of carbonyl (C=O) groups is 2. The second kappa shape index (κ2) is 7.80. The smallest absolute Gasteiger partial charge is 0.251 e. The van der Waals surface area contributed by atoms with Crippen LogP contribution in [0.1, 0.15) is 48.4 Å². The molecule has 2 unspecified atom stereocenters. The minimum atomic E-state index is -0.253. The predicted molar refractivity (Wildman–Crippen MR) is 105 cm³/mol. The molecule has 2 atom stereocenters. The van der Waals surface area contributed by atoms with E-state index < -0.39 is 0 Å². The maximum atomic E-state index is 12.9. The Morgan fingerprint density at radius 3 is 2.75 bits per heavy atom. The van der Waals surface area contributed by atoms with Gasteiger partial charge in [-0.2, -0.15) is 0 Å². The van der Waals surface area contributed by atoms with Crippen LogP contribution in [0, 0.1) is 0 Å². The maximum absolute atomic E-state index is 12.9. The summed E-state index contributed by atoms with van der Waals surface area (Å²) in [6.45, 7) is 2.56. The third-order valence-electron chi connectivity index (χ3n) is 5.11. The predicted octanol–water partition coefficient (Wildman–Crippen LogP) is 2.60. The van der Waals surface area contributed by atoms with Gasteiger partial charge in [0.05, 0.1) is 6.04 Å². The fourth-order valence-electron chi connectivity index (χ4n) is 3.75. The number of fused-ring (bicyclic) bond motifs is 1. The lowest BCUT2D eigenvalue weighted by molar-refractivity contribution is -0.132. The molecule has 7 nitrogen and oxygen atoms in total. The van der Waals surface area contributed by atoms with Gasteiger partial charge < -0.3 is 10.2 Å². The molecule has 4 rings (SSSR count). The first-order chi connectivity index (χ1) is 13.6. The van der Waals surface area contributed by atoms with Crippen LogP contribution in [0.2, 0.25) is 0 Å². The average molecular weight is 377 g/mol. The molecular weight excluding hydrogens is 354 g/mol. The first-order valence-electron chi connectivity index (χ1n) is 9.58. The summed E-state index contributed by atoms with van der Waals surface area (Å²) >= 11 is 0. The highest BCUT2D eigenvalue weighted by Gasteiger charge is 2.33. The van der Waals surface area contributed by atoms with Gasteiger partial charge in [0, 0.05) is 30.8 Å². The number of amides is 2. The second-order valence-corrected chi connectivity index (χ2v) is 7.18. The Balaban J connectivity index is 1.43. The van der Waals surface area contributed by atoms with E-state index in [1.165, 1.54) is 0 Å². The number of pyridine rings is 1. The third-order valence-corrected chi connectivity index (χ3v) is 5.11. The monoisotopic (exact) mass is 377 g/mol. The lowest BCUT2D eigenvalue weighted by Crippen LogP contribution is -2.39. The molecule has 0 radical (unpaired) electrons. The van der Waals surface area contributed by atoms with E-state index in [1.807, 2.05) is 58.8 Å². The topological polar surface area (TPSA) is 79.6 Å². The van der Waals surface area contributed by atoms with Gasteiger partial charge in [0.1, 0.15) is 0 Å². The molecule has 0 spiro atoms. The number of aromatic nitrogens is 3. The van der Waals surface area contributed by atoms with Gasteiger partial charge in [0.15, 0.2) is 11.5 Å². The van der Waals surface area contributed by atoms with Crippen molar-refractivity contribution in [2.45, 2.75) is 38.3 Å². The van der Waals surface area contributed by atoms with E-state index in [4.69, 9.17) is 0 Å². The van der Waals surface area contributed by atoms with E-state index in [-0.39, 0.29) is 30.3 Å². The molecule has 3 heterocycles. The second-order valence-electron chi connectivity index (χ2n) is 7.18. The number of benzene rings is 1. The Morgan fingerprint density at radius 2 is 1.93 bits per heavy atom. The zero-order valence-electron chi connectivity index (χ0n) is 15.8. The van der Waals surface area contributed by atoms with Gasteiger partial charge in [-0.05, 0) is 44.0 Å². The molecule has 1 aliphatic heterocycles. The Labute approximate surface area is 163 Å². The Hall–Kier alpha value is -3.22. The molecule has 28 heavy (non-hydrogen) atoms. The highest BCUT2D eigenvalue weighted by molar-refractivity contribution is 5.94. The number of carbonyl (C=O) groups excluding carboxylic acids is 2. The number of hydrogen-bond donors (Lipinski definition) is 1. The van der Waals surface area contributed by atoms with Crippen LogP contribution in [0.4, 0.5) is 0 Å². The molecule has 0 bridgehead atoms. The van der Waals surface area contributed by atoms with Crippen LogP contribution < -0.4 is 5.32 Å². The quantitative estimate of drug-likeness (QED) is 0.741. The van der Waals surface area contributed by atoms with Gasteiger partial charge in [0.2, 0.25) is 5.91 Å². The normalized spacial score (nSPS) is 17.6. The number of nitrogens with one attached hydrogen (secondary N) is 1. The largest absolute Gasteiger partial charge is 0.349 e. The van der Waals surface area contributed by atoms with Crippen molar-refractivity contribution in [2.75, 3.05) is 6.54 Å². The molecule has 1 aromatic carbocycles. The van der Waals surface area contributed by atoms with Crippen LogP contribution in [0.15, 0.2) is 54.7 Å². The summed E-state index contributed by atoms with van der Waals surface area (Å²) in [5.74, 6) is 0.654. The first kappa shape index (κ1) is 18.2. The molecule has 2 amide bonds. The van der Waals surface area contributed by atoms with Crippen LogP contribution in [0.3, 0.4) is 0 Å². The zero-order valence-corrected chi connectivity index (χ0v) is 15.8. The number of nitrogens with zero attached hydrogens (tertiary/aromatic N) is 4. The van der Waals surface area contributed by atoms with Crippen molar-refractivity contribution in [3.8, 4) is 0 Å². The molecule has 1 N–H and O–H groups in total. The molecule has 0 aliphatic carbocycles. The highest BCUT2D eigenvalue weighted by atomic mass is 16.2.